The molecule has 0 amide bonds. The molecular formula is C8H2Cl2N2O2. The Bertz CT molecular complexity index is 437. The van der Waals surface area contributed by atoms with E-state index in [4.69, 9.17) is 23.2 Å². The van der Waals surface area contributed by atoms with Crippen molar-refractivity contribution in [1.82, 2.24) is 0 Å². The van der Waals surface area contributed by atoms with E-state index >= 15 is 0 Å². The smallest absolute Gasteiger partial charge is 0.211 e. The van der Waals surface area contributed by atoms with Crippen molar-refractivity contribution in [2.75, 3.05) is 0 Å². The number of halogens is 2. The Hall–Kier alpha value is -1.44. The fourth-order valence-electron chi connectivity index (χ4n) is 0.822. The normalized spacial score (nSPS) is 8.71. The summed E-state index contributed by atoms with van der Waals surface area (Å²) in [5, 5.41) is 0.240. The van der Waals surface area contributed by atoms with Gasteiger partial charge < -0.3 is 0 Å². The molecule has 1 aromatic rings. The zero-order valence-electron chi connectivity index (χ0n) is 6.62. The van der Waals surface area contributed by atoms with E-state index < -0.39 is 0 Å². The summed E-state index contributed by atoms with van der Waals surface area (Å²) < 4.78 is 0. The van der Waals surface area contributed by atoms with Gasteiger partial charge in [-0.1, -0.05) is 23.2 Å². The van der Waals surface area contributed by atoms with E-state index in [0.717, 1.165) is 0 Å². The molecule has 0 saturated heterocycles. The number of hydrogen-bond donors (Lipinski definition) is 0. The summed E-state index contributed by atoms with van der Waals surface area (Å²) in [6, 6.07) is 2.68. The van der Waals surface area contributed by atoms with Crippen molar-refractivity contribution in [3.63, 3.8) is 0 Å². The van der Waals surface area contributed by atoms with E-state index in [1.165, 1.54) is 24.3 Å². The Labute approximate surface area is 88.9 Å². The lowest BCUT2D eigenvalue weighted by Gasteiger charge is -1.99. The highest BCUT2D eigenvalue weighted by atomic mass is 35.5. The molecule has 0 aliphatic rings. The maximum atomic E-state index is 9.99. The van der Waals surface area contributed by atoms with Crippen molar-refractivity contribution < 1.29 is 9.59 Å². The molecule has 0 aromatic heterocycles. The van der Waals surface area contributed by atoms with Gasteiger partial charge in [0.25, 0.3) is 0 Å². The minimum absolute atomic E-state index is 0.105. The molecule has 70 valence electrons. The van der Waals surface area contributed by atoms with Crippen LogP contribution < -0.4 is 0 Å². The van der Waals surface area contributed by atoms with Gasteiger partial charge in [-0.2, -0.15) is 9.98 Å². The second-order valence-corrected chi connectivity index (χ2v) is 2.98. The van der Waals surface area contributed by atoms with Crippen LogP contribution in [0.4, 0.5) is 11.4 Å². The summed E-state index contributed by atoms with van der Waals surface area (Å²) in [5.74, 6) is 0. The minimum atomic E-state index is 0.105. The summed E-state index contributed by atoms with van der Waals surface area (Å²) >= 11 is 11.4. The van der Waals surface area contributed by atoms with Gasteiger partial charge in [-0.05, 0) is 12.1 Å². The molecule has 0 bridgehead atoms. The molecule has 1 rings (SSSR count). The topological polar surface area (TPSA) is 58.9 Å². The molecule has 6 heteroatoms. The van der Waals surface area contributed by atoms with Gasteiger partial charge in [-0.15, -0.1) is 0 Å². The van der Waals surface area contributed by atoms with Crippen LogP contribution >= 0.6 is 23.2 Å². The Balaban J connectivity index is 3.38. The van der Waals surface area contributed by atoms with Gasteiger partial charge in [0.15, 0.2) is 0 Å². The van der Waals surface area contributed by atoms with Crippen LogP contribution in [-0.4, -0.2) is 12.2 Å². The summed E-state index contributed by atoms with van der Waals surface area (Å²) in [5.41, 5.74) is 0.355. The van der Waals surface area contributed by atoms with Crippen LogP contribution in [0.1, 0.15) is 0 Å². The Kier molecular flexibility index (Phi) is 3.57. The lowest BCUT2D eigenvalue weighted by atomic mass is 10.3. The SMILES string of the molecule is O=C=Nc1cc(Cl)c(N=C=O)c(Cl)c1. The van der Waals surface area contributed by atoms with E-state index in [1.807, 2.05) is 0 Å². The van der Waals surface area contributed by atoms with Crippen LogP contribution in [-0.2, 0) is 9.59 Å². The molecule has 0 aliphatic carbocycles. The van der Waals surface area contributed by atoms with Gasteiger partial charge in [0.2, 0.25) is 12.2 Å². The number of carbonyl (C=O) groups excluding carboxylic acids is 2. The zero-order valence-corrected chi connectivity index (χ0v) is 8.13. The first-order valence-corrected chi connectivity index (χ1v) is 4.09. The quantitative estimate of drug-likeness (QED) is 0.578. The average Bonchev–Trinajstić information content (AvgIpc) is 2.12. The predicted octanol–water partition coefficient (Wildman–Crippen LogP) is 2.93. The molecule has 0 fully saturated rings. The number of nitrogens with zero attached hydrogens (tertiary/aromatic N) is 2. The molecule has 1 aromatic carbocycles. The highest BCUT2D eigenvalue weighted by molar-refractivity contribution is 6.39. The summed E-state index contributed by atoms with van der Waals surface area (Å²) in [6.45, 7) is 0. The van der Waals surface area contributed by atoms with Crippen LogP contribution in [0.3, 0.4) is 0 Å². The molecule has 0 radical (unpaired) electrons. The molecule has 4 nitrogen and oxygen atoms in total. The second kappa shape index (κ2) is 4.70. The van der Waals surface area contributed by atoms with Gasteiger partial charge >= 0.3 is 0 Å². The number of isocyanates is 2. The van der Waals surface area contributed by atoms with E-state index in [-0.39, 0.29) is 21.4 Å². The fraction of sp³-hybridized carbons (Fsp3) is 0. The van der Waals surface area contributed by atoms with Crippen molar-refractivity contribution in [3.05, 3.63) is 22.2 Å². The van der Waals surface area contributed by atoms with Crippen LogP contribution in [0.25, 0.3) is 0 Å². The van der Waals surface area contributed by atoms with E-state index in [2.05, 4.69) is 9.98 Å². The van der Waals surface area contributed by atoms with Crippen molar-refractivity contribution in [3.8, 4) is 0 Å². The van der Waals surface area contributed by atoms with Crippen LogP contribution in [0.5, 0.6) is 0 Å². The lowest BCUT2D eigenvalue weighted by molar-refractivity contribution is 0.564. The molecule has 0 unspecified atom stereocenters. The number of rotatable bonds is 2. The largest absolute Gasteiger partial charge is 0.240 e. The first-order valence-electron chi connectivity index (χ1n) is 3.34. The Morgan fingerprint density at radius 1 is 1.00 bits per heavy atom. The van der Waals surface area contributed by atoms with Crippen molar-refractivity contribution >= 4 is 46.7 Å². The number of aliphatic imine (C=N–C) groups is 2. The number of hydrogen-bond acceptors (Lipinski definition) is 4. The summed E-state index contributed by atoms with van der Waals surface area (Å²) in [6.07, 6.45) is 2.65. The molecule has 0 spiro atoms. The van der Waals surface area contributed by atoms with Gasteiger partial charge in [0.1, 0.15) is 5.69 Å². The monoisotopic (exact) mass is 228 g/mol. The Morgan fingerprint density at radius 2 is 1.50 bits per heavy atom. The molecule has 0 atom stereocenters. The fourth-order valence-corrected chi connectivity index (χ4v) is 1.38. The van der Waals surface area contributed by atoms with E-state index in [9.17, 15) is 9.59 Å². The Morgan fingerprint density at radius 3 is 1.93 bits per heavy atom. The highest BCUT2D eigenvalue weighted by Crippen LogP contribution is 2.36. The molecular weight excluding hydrogens is 227 g/mol. The predicted molar refractivity (Wildman–Crippen MR) is 52.0 cm³/mol. The highest BCUT2D eigenvalue weighted by Gasteiger charge is 2.06. The van der Waals surface area contributed by atoms with Gasteiger partial charge in [-0.25, -0.2) is 9.59 Å². The maximum Gasteiger partial charge on any atom is 0.240 e. The van der Waals surface area contributed by atoms with E-state index in [1.54, 1.807) is 0 Å². The molecule has 0 N–H and O–H groups in total. The van der Waals surface area contributed by atoms with Crippen LogP contribution in [0.15, 0.2) is 22.1 Å². The first-order chi connectivity index (χ1) is 6.69. The molecule has 0 aliphatic heterocycles. The van der Waals surface area contributed by atoms with Gasteiger partial charge in [-0.3, -0.25) is 0 Å². The van der Waals surface area contributed by atoms with Crippen LogP contribution in [0.2, 0.25) is 10.0 Å². The van der Waals surface area contributed by atoms with E-state index in [0.29, 0.717) is 0 Å². The number of benzene rings is 1. The van der Waals surface area contributed by atoms with Crippen LogP contribution in [0, 0.1) is 0 Å². The second-order valence-electron chi connectivity index (χ2n) is 2.16. The van der Waals surface area contributed by atoms with Gasteiger partial charge in [0, 0.05) is 0 Å². The summed E-state index contributed by atoms with van der Waals surface area (Å²) in [7, 11) is 0. The third kappa shape index (κ3) is 2.28. The average molecular weight is 229 g/mol. The third-order valence-corrected chi connectivity index (χ3v) is 1.91. The maximum absolute atomic E-state index is 9.99. The first kappa shape index (κ1) is 10.6. The standard InChI is InChI=1S/C8H2Cl2N2O2/c9-6-1-5(11-3-13)2-7(10)8(6)12-4-14/h1-2H. The minimum Gasteiger partial charge on any atom is -0.211 e. The third-order valence-electron chi connectivity index (χ3n) is 1.33. The zero-order chi connectivity index (χ0) is 10.6. The molecule has 0 saturated carbocycles. The molecule has 0 heterocycles. The van der Waals surface area contributed by atoms with Gasteiger partial charge in [0.05, 0.1) is 15.7 Å². The lowest BCUT2D eigenvalue weighted by Crippen LogP contribution is -1.72. The van der Waals surface area contributed by atoms with Crippen molar-refractivity contribution in [2.45, 2.75) is 0 Å². The van der Waals surface area contributed by atoms with Crippen molar-refractivity contribution in [1.29, 1.82) is 0 Å². The summed E-state index contributed by atoms with van der Waals surface area (Å²) in [4.78, 5) is 26.6. The van der Waals surface area contributed by atoms with Crippen molar-refractivity contribution in [2.24, 2.45) is 9.98 Å². The molecule has 14 heavy (non-hydrogen) atoms.